The minimum Gasteiger partial charge on any atom is -0.342 e. The number of nitrogens with zero attached hydrogens (tertiary/aromatic N) is 2. The van der Waals surface area contributed by atoms with E-state index < -0.39 is 0 Å². The number of anilines is 1. The number of aromatic nitrogens is 1. The van der Waals surface area contributed by atoms with E-state index in [1.807, 2.05) is 54.7 Å². The van der Waals surface area contributed by atoms with E-state index >= 15 is 0 Å². The molecule has 6 nitrogen and oxygen atoms in total. The van der Waals surface area contributed by atoms with Gasteiger partial charge in [-0.2, -0.15) is 5.10 Å². The summed E-state index contributed by atoms with van der Waals surface area (Å²) in [6, 6.07) is 22.4. The highest BCUT2D eigenvalue weighted by atomic mass is 35.5. The van der Waals surface area contributed by atoms with Crippen molar-refractivity contribution < 1.29 is 9.59 Å². The molecule has 160 valence electrons. The Morgan fingerprint density at radius 3 is 2.56 bits per heavy atom. The molecule has 3 aromatic carbocycles. The zero-order chi connectivity index (χ0) is 22.5. The molecular weight excluding hydrogens is 424 g/mol. The molecule has 0 saturated heterocycles. The Kier molecular flexibility index (Phi) is 6.33. The molecule has 32 heavy (non-hydrogen) atoms. The van der Waals surface area contributed by atoms with Crippen molar-refractivity contribution in [3.63, 3.8) is 0 Å². The maximum Gasteiger partial charge on any atom is 0.271 e. The summed E-state index contributed by atoms with van der Waals surface area (Å²) >= 11 is 6.12. The fourth-order valence-corrected chi connectivity index (χ4v) is 3.69. The number of benzene rings is 3. The molecule has 4 aromatic rings. The van der Waals surface area contributed by atoms with Gasteiger partial charge in [-0.05, 0) is 48.0 Å². The van der Waals surface area contributed by atoms with Crippen LogP contribution in [0, 0.1) is 0 Å². The standard InChI is InChI=1S/C25H21ClN4O2/c1-17(31)28-22-11-9-19(10-12-22)25(32)29-27-14-20-16-30(24-8-3-2-7-23(20)24)15-18-5-4-6-21(26)13-18/h2-14,16H,15H2,1H3,(H,28,31)(H,29,32). The van der Waals surface area contributed by atoms with E-state index in [-0.39, 0.29) is 11.8 Å². The van der Waals surface area contributed by atoms with Crippen LogP contribution in [0.2, 0.25) is 5.02 Å². The van der Waals surface area contributed by atoms with Crippen LogP contribution in [0.4, 0.5) is 5.69 Å². The first-order valence-electron chi connectivity index (χ1n) is 10.0. The predicted molar refractivity (Wildman–Crippen MR) is 128 cm³/mol. The highest BCUT2D eigenvalue weighted by Crippen LogP contribution is 2.22. The van der Waals surface area contributed by atoms with Gasteiger partial charge >= 0.3 is 0 Å². The largest absolute Gasteiger partial charge is 0.342 e. The van der Waals surface area contributed by atoms with E-state index in [2.05, 4.69) is 20.4 Å². The SMILES string of the molecule is CC(=O)Nc1ccc(C(=O)NN=Cc2cn(Cc3cccc(Cl)c3)c3ccccc23)cc1. The van der Waals surface area contributed by atoms with Crippen LogP contribution in [-0.2, 0) is 11.3 Å². The van der Waals surface area contributed by atoms with Crippen LogP contribution in [0.1, 0.15) is 28.4 Å². The number of amides is 2. The van der Waals surface area contributed by atoms with Gasteiger partial charge in [0.2, 0.25) is 5.91 Å². The van der Waals surface area contributed by atoms with Crippen LogP contribution in [0.3, 0.4) is 0 Å². The van der Waals surface area contributed by atoms with Gasteiger partial charge in [0, 0.05) is 52.4 Å². The number of fused-ring (bicyclic) bond motifs is 1. The highest BCUT2D eigenvalue weighted by Gasteiger charge is 2.08. The first-order valence-corrected chi connectivity index (χ1v) is 10.4. The highest BCUT2D eigenvalue weighted by molar-refractivity contribution is 6.30. The summed E-state index contributed by atoms with van der Waals surface area (Å²) in [6.45, 7) is 2.10. The predicted octanol–water partition coefficient (Wildman–Crippen LogP) is 5.07. The molecule has 1 aromatic heterocycles. The number of rotatable bonds is 6. The third kappa shape index (κ3) is 5.04. The van der Waals surface area contributed by atoms with Gasteiger partial charge in [0.05, 0.1) is 6.21 Å². The average molecular weight is 445 g/mol. The smallest absolute Gasteiger partial charge is 0.271 e. The number of para-hydroxylation sites is 1. The van der Waals surface area contributed by atoms with Gasteiger partial charge in [0.15, 0.2) is 0 Å². The van der Waals surface area contributed by atoms with Crippen molar-refractivity contribution in [1.82, 2.24) is 9.99 Å². The number of nitrogens with one attached hydrogen (secondary N) is 2. The van der Waals surface area contributed by atoms with E-state index in [4.69, 9.17) is 11.6 Å². The van der Waals surface area contributed by atoms with Gasteiger partial charge in [-0.1, -0.05) is 41.9 Å². The second-order valence-corrected chi connectivity index (χ2v) is 7.75. The summed E-state index contributed by atoms with van der Waals surface area (Å²) in [5, 5.41) is 8.55. The zero-order valence-electron chi connectivity index (χ0n) is 17.4. The second-order valence-electron chi connectivity index (χ2n) is 7.32. The maximum atomic E-state index is 12.4. The van der Waals surface area contributed by atoms with Crippen molar-refractivity contribution in [2.75, 3.05) is 5.32 Å². The number of hydrazone groups is 1. The van der Waals surface area contributed by atoms with Gasteiger partial charge in [0.25, 0.3) is 5.91 Å². The minimum absolute atomic E-state index is 0.165. The van der Waals surface area contributed by atoms with Crippen LogP contribution in [0.25, 0.3) is 10.9 Å². The Morgan fingerprint density at radius 1 is 1.03 bits per heavy atom. The molecule has 0 radical (unpaired) electrons. The monoisotopic (exact) mass is 444 g/mol. The van der Waals surface area contributed by atoms with E-state index in [9.17, 15) is 9.59 Å². The molecule has 1 heterocycles. The van der Waals surface area contributed by atoms with E-state index in [1.165, 1.54) is 6.92 Å². The molecule has 0 spiro atoms. The molecule has 0 unspecified atom stereocenters. The zero-order valence-corrected chi connectivity index (χ0v) is 18.1. The first kappa shape index (κ1) is 21.3. The first-order chi connectivity index (χ1) is 15.5. The molecule has 2 amide bonds. The van der Waals surface area contributed by atoms with E-state index in [0.717, 1.165) is 22.0 Å². The summed E-state index contributed by atoms with van der Waals surface area (Å²) in [5.74, 6) is -0.500. The van der Waals surface area contributed by atoms with Gasteiger partial charge in [-0.15, -0.1) is 0 Å². The molecule has 0 aliphatic rings. The molecule has 0 aliphatic carbocycles. The van der Waals surface area contributed by atoms with Gasteiger partial charge in [-0.3, -0.25) is 9.59 Å². The Balaban J connectivity index is 1.50. The Hall–Kier alpha value is -3.90. The summed E-state index contributed by atoms with van der Waals surface area (Å²) in [6.07, 6.45) is 3.64. The molecule has 0 atom stereocenters. The molecular formula is C25H21ClN4O2. The maximum absolute atomic E-state index is 12.4. The fourth-order valence-electron chi connectivity index (χ4n) is 3.47. The Bertz CT molecular complexity index is 1310. The van der Waals surface area contributed by atoms with Crippen LogP contribution < -0.4 is 10.7 Å². The lowest BCUT2D eigenvalue weighted by Crippen LogP contribution is -2.17. The number of halogens is 1. The molecule has 0 aliphatic heterocycles. The van der Waals surface area contributed by atoms with Crippen LogP contribution in [-0.4, -0.2) is 22.6 Å². The normalized spacial score (nSPS) is 11.1. The van der Waals surface area contributed by atoms with E-state index in [0.29, 0.717) is 22.8 Å². The molecule has 0 saturated carbocycles. The van der Waals surface area contributed by atoms with E-state index in [1.54, 1.807) is 30.5 Å². The van der Waals surface area contributed by atoms with Crippen molar-refractivity contribution in [3.05, 3.63) is 101 Å². The van der Waals surface area contributed by atoms with Gasteiger partial charge < -0.3 is 9.88 Å². The quantitative estimate of drug-likeness (QED) is 0.322. The lowest BCUT2D eigenvalue weighted by atomic mass is 10.2. The van der Waals surface area contributed by atoms with Crippen molar-refractivity contribution >= 4 is 46.2 Å². The van der Waals surface area contributed by atoms with Crippen LogP contribution >= 0.6 is 11.6 Å². The minimum atomic E-state index is -0.335. The third-order valence-electron chi connectivity index (χ3n) is 4.90. The summed E-state index contributed by atoms with van der Waals surface area (Å²) in [7, 11) is 0. The number of carbonyl (C=O) groups excluding carboxylic acids is 2. The van der Waals surface area contributed by atoms with Crippen molar-refractivity contribution in [2.24, 2.45) is 5.10 Å². The number of hydrogen-bond donors (Lipinski definition) is 2. The summed E-state index contributed by atoms with van der Waals surface area (Å²) in [4.78, 5) is 23.5. The van der Waals surface area contributed by atoms with Crippen molar-refractivity contribution in [2.45, 2.75) is 13.5 Å². The number of hydrogen-bond acceptors (Lipinski definition) is 3. The molecule has 4 rings (SSSR count). The third-order valence-corrected chi connectivity index (χ3v) is 5.13. The van der Waals surface area contributed by atoms with Gasteiger partial charge in [0.1, 0.15) is 0 Å². The average Bonchev–Trinajstić information content (AvgIpc) is 3.11. The second kappa shape index (κ2) is 9.49. The Morgan fingerprint density at radius 2 is 1.81 bits per heavy atom. The van der Waals surface area contributed by atoms with Crippen molar-refractivity contribution in [1.29, 1.82) is 0 Å². The summed E-state index contributed by atoms with van der Waals surface area (Å²) in [5.41, 5.74) is 6.68. The van der Waals surface area contributed by atoms with Crippen LogP contribution in [0.15, 0.2) is 84.1 Å². The molecule has 7 heteroatoms. The fraction of sp³-hybridized carbons (Fsp3) is 0.0800. The lowest BCUT2D eigenvalue weighted by Gasteiger charge is -2.05. The summed E-state index contributed by atoms with van der Waals surface area (Å²) < 4.78 is 2.13. The number of carbonyl (C=O) groups is 2. The van der Waals surface area contributed by atoms with Gasteiger partial charge in [-0.25, -0.2) is 5.43 Å². The lowest BCUT2D eigenvalue weighted by molar-refractivity contribution is -0.114. The van der Waals surface area contributed by atoms with Crippen molar-refractivity contribution in [3.8, 4) is 0 Å². The molecule has 0 bridgehead atoms. The Labute approximate surface area is 190 Å². The molecule has 0 fully saturated rings. The topological polar surface area (TPSA) is 75.5 Å². The van der Waals surface area contributed by atoms with Crippen LogP contribution in [0.5, 0.6) is 0 Å². The molecule has 2 N–H and O–H groups in total.